The third kappa shape index (κ3) is 4.90. The number of hydrogen-bond donors (Lipinski definition) is 1. The van der Waals surface area contributed by atoms with Crippen molar-refractivity contribution in [3.05, 3.63) is 82.4 Å². The molecule has 0 aliphatic carbocycles. The molecule has 0 bridgehead atoms. The number of anilines is 1. The molecule has 148 valence electrons. The van der Waals surface area contributed by atoms with Gasteiger partial charge < -0.3 is 10.2 Å². The van der Waals surface area contributed by atoms with Crippen molar-refractivity contribution < 1.29 is 9.59 Å². The summed E-state index contributed by atoms with van der Waals surface area (Å²) in [5.41, 5.74) is 3.48. The zero-order valence-corrected chi connectivity index (χ0v) is 17.1. The highest BCUT2D eigenvalue weighted by molar-refractivity contribution is 7.15. The first kappa shape index (κ1) is 19.3. The standard InChI is InChI=1S/C23H23N3O2S/c1-16-7-9-18(10-8-16)14-26-15-19(12-21(26)27)22(28)25-23-24-13-20(29-23)11-17-5-3-2-4-6-17/h2-10,13,19H,11-12,14-15H2,1H3,(H,24,25,28). The number of nitrogens with one attached hydrogen (secondary N) is 1. The highest BCUT2D eigenvalue weighted by atomic mass is 32.1. The second kappa shape index (κ2) is 8.57. The summed E-state index contributed by atoms with van der Waals surface area (Å²) in [5, 5.41) is 3.48. The third-order valence-electron chi connectivity index (χ3n) is 5.08. The molecule has 5 nitrogen and oxygen atoms in total. The van der Waals surface area contributed by atoms with Crippen LogP contribution in [-0.2, 0) is 22.6 Å². The van der Waals surface area contributed by atoms with Gasteiger partial charge in [0.1, 0.15) is 0 Å². The first-order chi connectivity index (χ1) is 14.1. The summed E-state index contributed by atoms with van der Waals surface area (Å²) in [4.78, 5) is 32.2. The number of hydrogen-bond acceptors (Lipinski definition) is 4. The van der Waals surface area contributed by atoms with E-state index in [0.29, 0.717) is 18.2 Å². The van der Waals surface area contributed by atoms with Gasteiger partial charge in [0.05, 0.1) is 5.92 Å². The molecule has 4 rings (SSSR count). The Morgan fingerprint density at radius 2 is 1.90 bits per heavy atom. The Morgan fingerprint density at radius 1 is 1.14 bits per heavy atom. The zero-order chi connectivity index (χ0) is 20.2. The molecule has 29 heavy (non-hydrogen) atoms. The number of rotatable bonds is 6. The lowest BCUT2D eigenvalue weighted by Gasteiger charge is -2.16. The van der Waals surface area contributed by atoms with Crippen LogP contribution in [0.1, 0.15) is 28.0 Å². The van der Waals surface area contributed by atoms with Gasteiger partial charge in [0.15, 0.2) is 5.13 Å². The second-order valence-corrected chi connectivity index (χ2v) is 8.56. The number of likely N-dealkylation sites (tertiary alicyclic amines) is 1. The van der Waals surface area contributed by atoms with Gasteiger partial charge in [-0.3, -0.25) is 9.59 Å². The van der Waals surface area contributed by atoms with Gasteiger partial charge in [-0.05, 0) is 18.1 Å². The average molecular weight is 406 g/mol. The van der Waals surface area contributed by atoms with Gasteiger partial charge >= 0.3 is 0 Å². The predicted octanol–water partition coefficient (Wildman–Crippen LogP) is 4.03. The summed E-state index contributed by atoms with van der Waals surface area (Å²) in [6.07, 6.45) is 2.84. The fourth-order valence-corrected chi connectivity index (χ4v) is 4.32. The van der Waals surface area contributed by atoms with Gasteiger partial charge in [-0.25, -0.2) is 4.98 Å². The molecule has 1 aliphatic heterocycles. The van der Waals surface area contributed by atoms with Crippen molar-refractivity contribution in [2.45, 2.75) is 26.3 Å². The van der Waals surface area contributed by atoms with Gasteiger partial charge in [-0.15, -0.1) is 11.3 Å². The van der Waals surface area contributed by atoms with Gasteiger partial charge in [0.2, 0.25) is 11.8 Å². The van der Waals surface area contributed by atoms with Crippen LogP contribution in [0.3, 0.4) is 0 Å². The van der Waals surface area contributed by atoms with Gasteiger partial charge in [0, 0.05) is 37.0 Å². The largest absolute Gasteiger partial charge is 0.338 e. The van der Waals surface area contributed by atoms with Crippen molar-refractivity contribution in [3.8, 4) is 0 Å². The molecule has 6 heteroatoms. The van der Waals surface area contributed by atoms with Crippen molar-refractivity contribution in [1.82, 2.24) is 9.88 Å². The number of aromatic nitrogens is 1. The van der Waals surface area contributed by atoms with E-state index in [1.54, 1.807) is 11.1 Å². The Hall–Kier alpha value is -2.99. The molecular weight excluding hydrogens is 382 g/mol. The predicted molar refractivity (Wildman–Crippen MR) is 115 cm³/mol. The Bertz CT molecular complexity index is 998. The maximum atomic E-state index is 12.6. The van der Waals surface area contributed by atoms with E-state index in [9.17, 15) is 9.59 Å². The fraction of sp³-hybridized carbons (Fsp3) is 0.261. The molecule has 1 aromatic heterocycles. The lowest BCUT2D eigenvalue weighted by molar-refractivity contribution is -0.128. The number of benzene rings is 2. The fourth-order valence-electron chi connectivity index (χ4n) is 3.47. The number of carbonyl (C=O) groups excluding carboxylic acids is 2. The van der Waals surface area contributed by atoms with Gasteiger partial charge in [-0.2, -0.15) is 0 Å². The molecule has 1 unspecified atom stereocenters. The van der Waals surface area contributed by atoms with Gasteiger partial charge in [-0.1, -0.05) is 60.2 Å². The Morgan fingerprint density at radius 3 is 2.66 bits per heavy atom. The van der Waals surface area contributed by atoms with E-state index in [1.807, 2.05) is 49.4 Å². The van der Waals surface area contributed by atoms with E-state index in [4.69, 9.17) is 0 Å². The molecule has 3 aromatic rings. The highest BCUT2D eigenvalue weighted by Gasteiger charge is 2.34. The van der Waals surface area contributed by atoms with Crippen LogP contribution < -0.4 is 5.32 Å². The molecule has 1 fully saturated rings. The molecule has 2 amide bonds. The van der Waals surface area contributed by atoms with Gasteiger partial charge in [0.25, 0.3) is 0 Å². The second-order valence-electron chi connectivity index (χ2n) is 7.44. The minimum absolute atomic E-state index is 0.0228. The third-order valence-corrected chi connectivity index (χ3v) is 6.00. The Kier molecular flexibility index (Phi) is 5.71. The minimum atomic E-state index is -0.338. The van der Waals surface area contributed by atoms with Crippen molar-refractivity contribution in [2.75, 3.05) is 11.9 Å². The monoisotopic (exact) mass is 405 g/mol. The summed E-state index contributed by atoms with van der Waals surface area (Å²) < 4.78 is 0. The van der Waals surface area contributed by atoms with E-state index in [-0.39, 0.29) is 24.2 Å². The van der Waals surface area contributed by atoms with Crippen LogP contribution in [0.25, 0.3) is 0 Å². The number of amides is 2. The van der Waals surface area contributed by atoms with Crippen LogP contribution in [0, 0.1) is 12.8 Å². The zero-order valence-electron chi connectivity index (χ0n) is 16.3. The van der Waals surface area contributed by atoms with Crippen LogP contribution in [0.5, 0.6) is 0 Å². The molecule has 2 heterocycles. The number of carbonyl (C=O) groups is 2. The maximum Gasteiger partial charge on any atom is 0.231 e. The lowest BCUT2D eigenvalue weighted by Crippen LogP contribution is -2.28. The van der Waals surface area contributed by atoms with Crippen molar-refractivity contribution in [2.24, 2.45) is 5.92 Å². The minimum Gasteiger partial charge on any atom is -0.338 e. The van der Waals surface area contributed by atoms with Crippen molar-refractivity contribution in [3.63, 3.8) is 0 Å². The highest BCUT2D eigenvalue weighted by Crippen LogP contribution is 2.25. The van der Waals surface area contributed by atoms with Crippen LogP contribution in [0.15, 0.2) is 60.8 Å². The van der Waals surface area contributed by atoms with Crippen LogP contribution in [-0.4, -0.2) is 28.2 Å². The van der Waals surface area contributed by atoms with Crippen molar-refractivity contribution in [1.29, 1.82) is 0 Å². The van der Waals surface area contributed by atoms with E-state index in [1.165, 1.54) is 22.5 Å². The first-order valence-electron chi connectivity index (χ1n) is 9.69. The average Bonchev–Trinajstić information content (AvgIpc) is 3.31. The molecule has 1 aliphatic rings. The molecule has 0 saturated carbocycles. The van der Waals surface area contributed by atoms with Crippen molar-refractivity contribution >= 4 is 28.3 Å². The molecule has 0 radical (unpaired) electrons. The first-order valence-corrected chi connectivity index (χ1v) is 10.5. The van der Waals surface area contributed by atoms with E-state index in [2.05, 4.69) is 22.4 Å². The molecule has 1 atom stereocenters. The summed E-state index contributed by atoms with van der Waals surface area (Å²) in [5.74, 6) is -0.450. The summed E-state index contributed by atoms with van der Waals surface area (Å²) in [7, 11) is 0. The van der Waals surface area contributed by atoms with Crippen LogP contribution in [0.4, 0.5) is 5.13 Å². The van der Waals surface area contributed by atoms with E-state index >= 15 is 0 Å². The molecule has 1 N–H and O–H groups in total. The van der Waals surface area contributed by atoms with E-state index in [0.717, 1.165) is 16.9 Å². The normalized spacial score (nSPS) is 16.2. The van der Waals surface area contributed by atoms with Crippen LogP contribution in [0.2, 0.25) is 0 Å². The van der Waals surface area contributed by atoms with E-state index < -0.39 is 0 Å². The SMILES string of the molecule is Cc1ccc(CN2CC(C(=O)Nc3ncc(Cc4ccccc4)s3)CC2=O)cc1. The summed E-state index contributed by atoms with van der Waals surface area (Å²) in [6.45, 7) is 3.02. The quantitative estimate of drug-likeness (QED) is 0.674. The number of thiazole rings is 1. The smallest absolute Gasteiger partial charge is 0.231 e. The van der Waals surface area contributed by atoms with Crippen LogP contribution >= 0.6 is 11.3 Å². The number of nitrogens with zero attached hydrogens (tertiary/aromatic N) is 2. The summed E-state index contributed by atoms with van der Waals surface area (Å²) in [6, 6.07) is 18.3. The molecular formula is C23H23N3O2S. The lowest BCUT2D eigenvalue weighted by atomic mass is 10.1. The molecule has 1 saturated heterocycles. The summed E-state index contributed by atoms with van der Waals surface area (Å²) >= 11 is 1.48. The molecule has 2 aromatic carbocycles. The maximum absolute atomic E-state index is 12.6. The number of aryl methyl sites for hydroxylation is 1. The Balaban J connectivity index is 1.33. The Labute approximate surface area is 174 Å². The topological polar surface area (TPSA) is 62.3 Å². The molecule has 0 spiro atoms.